The zero-order valence-electron chi connectivity index (χ0n) is 7.30. The summed E-state index contributed by atoms with van der Waals surface area (Å²) >= 11 is 0. The monoisotopic (exact) mass is 218 g/mol. The molecule has 0 aromatic heterocycles. The quantitative estimate of drug-likeness (QED) is 0.724. The van der Waals surface area contributed by atoms with Crippen LogP contribution < -0.4 is 9.47 Å². The van der Waals surface area contributed by atoms with Crippen LogP contribution in [0.3, 0.4) is 0 Å². The van der Waals surface area contributed by atoms with E-state index in [1.807, 2.05) is 0 Å². The highest BCUT2D eigenvalue weighted by molar-refractivity contribution is 6.02. The Bertz CT molecular complexity index is 412. The van der Waals surface area contributed by atoms with Crippen LogP contribution in [0.25, 0.3) is 0 Å². The highest BCUT2D eigenvalue weighted by atomic mass is 19.4. The SMILES string of the molecule is O=C1COc2cc(OC(F)(F)F)ccc21. The first kappa shape index (κ1) is 9.82. The van der Waals surface area contributed by atoms with E-state index in [1.165, 1.54) is 6.07 Å². The lowest BCUT2D eigenvalue weighted by Crippen LogP contribution is -2.17. The molecule has 0 amide bonds. The molecule has 1 aliphatic heterocycles. The molecule has 0 saturated carbocycles. The van der Waals surface area contributed by atoms with E-state index in [9.17, 15) is 18.0 Å². The van der Waals surface area contributed by atoms with E-state index < -0.39 is 12.1 Å². The fourth-order valence-electron chi connectivity index (χ4n) is 1.27. The van der Waals surface area contributed by atoms with Gasteiger partial charge in [-0.3, -0.25) is 4.79 Å². The fraction of sp³-hybridized carbons (Fsp3) is 0.222. The predicted octanol–water partition coefficient (Wildman–Crippen LogP) is 2.16. The van der Waals surface area contributed by atoms with Crippen molar-refractivity contribution in [1.29, 1.82) is 0 Å². The van der Waals surface area contributed by atoms with Crippen LogP contribution in [0.1, 0.15) is 10.4 Å². The molecular formula is C9H5F3O3. The second-order valence-corrected chi connectivity index (χ2v) is 2.92. The summed E-state index contributed by atoms with van der Waals surface area (Å²) in [7, 11) is 0. The summed E-state index contributed by atoms with van der Waals surface area (Å²) in [4.78, 5) is 11.1. The van der Waals surface area contributed by atoms with Crippen molar-refractivity contribution < 1.29 is 27.4 Å². The zero-order valence-corrected chi connectivity index (χ0v) is 7.30. The third-order valence-corrected chi connectivity index (χ3v) is 1.85. The summed E-state index contributed by atoms with van der Waals surface area (Å²) in [6.07, 6.45) is -4.74. The Labute approximate surface area is 82.4 Å². The van der Waals surface area contributed by atoms with Gasteiger partial charge in [-0.1, -0.05) is 0 Å². The van der Waals surface area contributed by atoms with Gasteiger partial charge in [0.1, 0.15) is 11.5 Å². The number of Topliss-reactive ketones (excluding diaryl/α,β-unsaturated/α-hetero) is 1. The number of hydrogen-bond acceptors (Lipinski definition) is 3. The van der Waals surface area contributed by atoms with E-state index >= 15 is 0 Å². The average molecular weight is 218 g/mol. The van der Waals surface area contributed by atoms with Gasteiger partial charge in [0.05, 0.1) is 5.56 Å². The summed E-state index contributed by atoms with van der Waals surface area (Å²) in [6.45, 7) is -0.134. The Morgan fingerprint density at radius 3 is 2.73 bits per heavy atom. The first-order valence-electron chi connectivity index (χ1n) is 4.01. The van der Waals surface area contributed by atoms with Crippen molar-refractivity contribution in [1.82, 2.24) is 0 Å². The normalized spacial score (nSPS) is 14.7. The van der Waals surface area contributed by atoms with E-state index in [4.69, 9.17) is 4.74 Å². The Kier molecular flexibility index (Phi) is 2.06. The van der Waals surface area contributed by atoms with Crippen LogP contribution in [0.2, 0.25) is 0 Å². The number of carbonyl (C=O) groups excluding carboxylic acids is 1. The highest BCUT2D eigenvalue weighted by Gasteiger charge is 2.32. The molecule has 0 atom stereocenters. The number of rotatable bonds is 1. The van der Waals surface area contributed by atoms with Gasteiger partial charge in [-0.25, -0.2) is 0 Å². The maximum Gasteiger partial charge on any atom is 0.573 e. The molecule has 1 heterocycles. The number of ketones is 1. The summed E-state index contributed by atoms with van der Waals surface area (Å²) in [5.41, 5.74) is 0.282. The largest absolute Gasteiger partial charge is 0.573 e. The number of fused-ring (bicyclic) bond motifs is 1. The Morgan fingerprint density at radius 2 is 2.07 bits per heavy atom. The van der Waals surface area contributed by atoms with Crippen molar-refractivity contribution >= 4 is 5.78 Å². The molecule has 80 valence electrons. The minimum absolute atomic E-state index is 0.127. The van der Waals surface area contributed by atoms with Gasteiger partial charge < -0.3 is 9.47 Å². The van der Waals surface area contributed by atoms with E-state index in [0.717, 1.165) is 12.1 Å². The molecule has 2 rings (SSSR count). The maximum atomic E-state index is 11.8. The fourth-order valence-corrected chi connectivity index (χ4v) is 1.27. The van der Waals surface area contributed by atoms with Gasteiger partial charge in [0.15, 0.2) is 6.61 Å². The number of ether oxygens (including phenoxy) is 2. The van der Waals surface area contributed by atoms with Gasteiger partial charge in [0.25, 0.3) is 0 Å². The van der Waals surface area contributed by atoms with Crippen LogP contribution in [-0.4, -0.2) is 18.8 Å². The van der Waals surface area contributed by atoms with Crippen molar-refractivity contribution in [2.75, 3.05) is 6.61 Å². The molecule has 0 saturated heterocycles. The predicted molar refractivity (Wildman–Crippen MR) is 43.0 cm³/mol. The van der Waals surface area contributed by atoms with E-state index in [1.54, 1.807) is 0 Å². The first-order chi connectivity index (χ1) is 6.96. The van der Waals surface area contributed by atoms with Crippen LogP contribution in [-0.2, 0) is 0 Å². The maximum absolute atomic E-state index is 11.8. The minimum Gasteiger partial charge on any atom is -0.485 e. The van der Waals surface area contributed by atoms with Crippen molar-refractivity contribution in [2.24, 2.45) is 0 Å². The standard InChI is InChI=1S/C9H5F3O3/c10-9(11,12)15-5-1-2-6-7(13)4-14-8(6)3-5/h1-3H,4H2. The number of hydrogen-bond donors (Lipinski definition) is 0. The number of halogens is 3. The van der Waals surface area contributed by atoms with Gasteiger partial charge in [0.2, 0.25) is 5.78 Å². The Balaban J connectivity index is 2.27. The van der Waals surface area contributed by atoms with Crippen molar-refractivity contribution in [3.8, 4) is 11.5 Å². The average Bonchev–Trinajstić information content (AvgIpc) is 2.45. The molecule has 0 spiro atoms. The van der Waals surface area contributed by atoms with Gasteiger partial charge in [0, 0.05) is 6.07 Å². The molecule has 0 unspecified atom stereocenters. The molecule has 3 nitrogen and oxygen atoms in total. The van der Waals surface area contributed by atoms with Crippen molar-refractivity contribution in [2.45, 2.75) is 6.36 Å². The van der Waals surface area contributed by atoms with Crippen LogP contribution >= 0.6 is 0 Å². The third kappa shape index (κ3) is 2.03. The van der Waals surface area contributed by atoms with Crippen LogP contribution in [0, 0.1) is 0 Å². The second-order valence-electron chi connectivity index (χ2n) is 2.92. The summed E-state index contributed by atoms with van der Waals surface area (Å²) in [6, 6.07) is 3.39. The topological polar surface area (TPSA) is 35.5 Å². The smallest absolute Gasteiger partial charge is 0.485 e. The van der Waals surface area contributed by atoms with Crippen molar-refractivity contribution in [3.63, 3.8) is 0 Å². The molecule has 1 aliphatic rings. The Hall–Kier alpha value is -1.72. The molecule has 0 aliphatic carbocycles. The van der Waals surface area contributed by atoms with E-state index in [-0.39, 0.29) is 23.7 Å². The molecule has 0 fully saturated rings. The molecule has 0 N–H and O–H groups in total. The highest BCUT2D eigenvalue weighted by Crippen LogP contribution is 2.31. The second kappa shape index (κ2) is 3.15. The summed E-state index contributed by atoms with van der Waals surface area (Å²) in [5, 5.41) is 0. The molecule has 0 bridgehead atoms. The lowest BCUT2D eigenvalue weighted by atomic mass is 10.1. The molecular weight excluding hydrogens is 213 g/mol. The molecule has 6 heteroatoms. The molecule has 15 heavy (non-hydrogen) atoms. The van der Waals surface area contributed by atoms with Gasteiger partial charge in [-0.05, 0) is 12.1 Å². The van der Waals surface area contributed by atoms with Gasteiger partial charge in [-0.2, -0.15) is 0 Å². The molecule has 1 aromatic rings. The van der Waals surface area contributed by atoms with Crippen molar-refractivity contribution in [3.05, 3.63) is 23.8 Å². The Morgan fingerprint density at radius 1 is 1.33 bits per heavy atom. The number of benzene rings is 1. The first-order valence-corrected chi connectivity index (χ1v) is 4.01. The van der Waals surface area contributed by atoms with Crippen LogP contribution in [0.5, 0.6) is 11.5 Å². The minimum atomic E-state index is -4.74. The van der Waals surface area contributed by atoms with Crippen LogP contribution in [0.15, 0.2) is 18.2 Å². The molecule has 1 aromatic carbocycles. The van der Waals surface area contributed by atoms with Crippen LogP contribution in [0.4, 0.5) is 13.2 Å². The summed E-state index contributed by atoms with van der Waals surface area (Å²) < 4.78 is 44.1. The zero-order chi connectivity index (χ0) is 11.1. The van der Waals surface area contributed by atoms with Gasteiger partial charge >= 0.3 is 6.36 Å². The number of carbonyl (C=O) groups is 1. The van der Waals surface area contributed by atoms with E-state index in [0.29, 0.717) is 0 Å². The lowest BCUT2D eigenvalue weighted by molar-refractivity contribution is -0.274. The summed E-state index contributed by atoms with van der Waals surface area (Å²) in [5.74, 6) is -0.513. The van der Waals surface area contributed by atoms with Gasteiger partial charge in [-0.15, -0.1) is 13.2 Å². The third-order valence-electron chi connectivity index (χ3n) is 1.85. The number of alkyl halides is 3. The molecule has 0 radical (unpaired) electrons. The lowest BCUT2D eigenvalue weighted by Gasteiger charge is -2.09. The van der Waals surface area contributed by atoms with E-state index in [2.05, 4.69) is 4.74 Å².